The van der Waals surface area contributed by atoms with Crippen LogP contribution in [0.25, 0.3) is 11.2 Å². The van der Waals surface area contributed by atoms with Gasteiger partial charge in [-0.25, -0.2) is 0 Å². The monoisotopic (exact) mass is 344 g/mol. The molecular formula is C11H14AsFN4O3. The number of alkyl halides is 1. The van der Waals surface area contributed by atoms with Crippen molar-refractivity contribution >= 4 is 32.6 Å². The first-order chi connectivity index (χ1) is 9.58. The molecule has 1 aliphatic carbocycles. The van der Waals surface area contributed by atoms with Crippen LogP contribution in [0.2, 0.25) is 0 Å². The summed E-state index contributed by atoms with van der Waals surface area (Å²) in [6.45, 7) is -0.548. The van der Waals surface area contributed by atoms with Crippen LogP contribution >= 0.6 is 0 Å². The van der Waals surface area contributed by atoms with Crippen LogP contribution in [0.5, 0.6) is 0 Å². The zero-order valence-corrected chi connectivity index (χ0v) is 12.8. The standard InChI is InChI=1S/C11H14AsFN4O3/c12-11-15-9-7(10(20)16-11)14-3-17(9)8-5(2-19)4(1-18)6(8)13/h3-6,8,18-19H,1-2,12H2,(H,15,16,20). The van der Waals surface area contributed by atoms with Crippen molar-refractivity contribution in [3.63, 3.8) is 0 Å². The number of aromatic nitrogens is 4. The Morgan fingerprint density at radius 3 is 2.75 bits per heavy atom. The second kappa shape index (κ2) is 4.94. The summed E-state index contributed by atoms with van der Waals surface area (Å²) in [5, 5.41) is 18.5. The predicted molar refractivity (Wildman–Crippen MR) is 71.4 cm³/mol. The Bertz CT molecular complexity index is 703. The number of nitrogens with one attached hydrogen (secondary N) is 1. The third-order valence-electron chi connectivity index (χ3n) is 3.92. The number of rotatable bonds is 3. The molecule has 0 spiro atoms. The third-order valence-corrected chi connectivity index (χ3v) is 4.49. The molecule has 3 rings (SSSR count). The summed E-state index contributed by atoms with van der Waals surface area (Å²) in [5.74, 6) is -0.992. The molecule has 1 saturated carbocycles. The molecule has 5 atom stereocenters. The molecule has 1 aliphatic rings. The minimum atomic E-state index is -1.29. The van der Waals surface area contributed by atoms with E-state index in [2.05, 4.69) is 15.0 Å². The molecule has 0 amide bonds. The molecule has 3 N–H and O–H groups in total. The molecule has 20 heavy (non-hydrogen) atoms. The van der Waals surface area contributed by atoms with E-state index in [1.54, 1.807) is 0 Å². The molecule has 0 aliphatic heterocycles. The molecule has 7 nitrogen and oxygen atoms in total. The summed E-state index contributed by atoms with van der Waals surface area (Å²) in [6, 6.07) is -0.650. The second-order valence-electron chi connectivity index (χ2n) is 4.90. The van der Waals surface area contributed by atoms with E-state index in [1.165, 1.54) is 10.9 Å². The SMILES string of the molecule is O=c1[nH]c([AsH2])nc2c1ncn2C1C(F)C(CO)C1CO. The number of nitrogens with zero attached hydrogens (tertiary/aromatic N) is 3. The van der Waals surface area contributed by atoms with Gasteiger partial charge in [0.1, 0.15) is 0 Å². The summed E-state index contributed by atoms with van der Waals surface area (Å²) in [5.41, 5.74) is 0.112. The topological polar surface area (TPSA) is 104 Å². The first kappa shape index (κ1) is 13.7. The Kier molecular flexibility index (Phi) is 3.39. The zero-order chi connectivity index (χ0) is 14.4. The average Bonchev–Trinajstić information content (AvgIpc) is 2.80. The van der Waals surface area contributed by atoms with Crippen LogP contribution in [0.1, 0.15) is 6.04 Å². The van der Waals surface area contributed by atoms with Gasteiger partial charge in [-0.3, -0.25) is 0 Å². The van der Waals surface area contributed by atoms with Crippen LogP contribution in [0.3, 0.4) is 0 Å². The molecule has 5 unspecified atom stereocenters. The number of H-pyrrole nitrogens is 1. The number of aromatic amines is 1. The number of hydrogen-bond acceptors (Lipinski definition) is 5. The molecule has 9 heteroatoms. The van der Waals surface area contributed by atoms with Crippen molar-refractivity contribution in [3.8, 4) is 0 Å². The summed E-state index contributed by atoms with van der Waals surface area (Å²) in [4.78, 5) is 22.5. The van der Waals surface area contributed by atoms with Crippen LogP contribution in [0, 0.1) is 11.8 Å². The molecule has 2 aromatic heterocycles. The maximum atomic E-state index is 14.1. The van der Waals surface area contributed by atoms with Gasteiger partial charge in [-0.05, 0) is 0 Å². The van der Waals surface area contributed by atoms with Crippen LogP contribution < -0.4 is 10.2 Å². The molecule has 2 heterocycles. The molecule has 1 fully saturated rings. The number of aliphatic hydroxyl groups excluding tert-OH is 2. The summed E-state index contributed by atoms with van der Waals surface area (Å²) >= 11 is 1.15. The first-order valence-electron chi connectivity index (χ1n) is 6.16. The van der Waals surface area contributed by atoms with E-state index in [0.717, 1.165) is 16.9 Å². The number of halogens is 1. The fraction of sp³-hybridized carbons (Fsp3) is 0.545. The van der Waals surface area contributed by atoms with Gasteiger partial charge in [0.25, 0.3) is 0 Å². The van der Waals surface area contributed by atoms with Gasteiger partial charge in [-0.15, -0.1) is 0 Å². The molecule has 108 valence electrons. The van der Waals surface area contributed by atoms with Crippen molar-refractivity contribution in [2.45, 2.75) is 12.2 Å². The van der Waals surface area contributed by atoms with Gasteiger partial charge in [0.15, 0.2) is 0 Å². The van der Waals surface area contributed by atoms with Crippen molar-refractivity contribution in [3.05, 3.63) is 16.7 Å². The number of hydrogen-bond donors (Lipinski definition) is 3. The van der Waals surface area contributed by atoms with Gasteiger partial charge in [0.2, 0.25) is 0 Å². The Morgan fingerprint density at radius 1 is 1.40 bits per heavy atom. The molecule has 2 aromatic rings. The Balaban J connectivity index is 2.09. The third kappa shape index (κ3) is 1.82. The van der Waals surface area contributed by atoms with E-state index < -0.39 is 24.0 Å². The van der Waals surface area contributed by atoms with E-state index in [-0.39, 0.29) is 24.3 Å². The van der Waals surface area contributed by atoms with E-state index in [1.807, 2.05) is 0 Å². The Morgan fingerprint density at radius 2 is 2.10 bits per heavy atom. The Hall–Kier alpha value is -1.24. The van der Waals surface area contributed by atoms with E-state index in [9.17, 15) is 14.3 Å². The van der Waals surface area contributed by atoms with Crippen LogP contribution in [0.15, 0.2) is 11.1 Å². The zero-order valence-electron chi connectivity index (χ0n) is 10.4. The minimum absolute atomic E-state index is 0.155. The van der Waals surface area contributed by atoms with Gasteiger partial charge < -0.3 is 0 Å². The van der Waals surface area contributed by atoms with Crippen LogP contribution in [-0.4, -0.2) is 66.0 Å². The molecule has 0 bridgehead atoms. The first-order valence-corrected chi connectivity index (χ1v) is 7.37. The van der Waals surface area contributed by atoms with Gasteiger partial charge in [-0.1, -0.05) is 0 Å². The van der Waals surface area contributed by atoms with Crippen molar-refractivity contribution in [2.75, 3.05) is 13.2 Å². The number of fused-ring (bicyclic) bond motifs is 1. The van der Waals surface area contributed by atoms with Gasteiger partial charge >= 0.3 is 121 Å². The van der Waals surface area contributed by atoms with E-state index >= 15 is 0 Å². The van der Waals surface area contributed by atoms with Crippen molar-refractivity contribution in [1.29, 1.82) is 0 Å². The fourth-order valence-electron chi connectivity index (χ4n) is 2.83. The Labute approximate surface area is 121 Å². The second-order valence-corrected chi connectivity index (χ2v) is 6.05. The normalized spacial score (nSPS) is 29.6. The van der Waals surface area contributed by atoms with Gasteiger partial charge in [-0.2, -0.15) is 0 Å². The van der Waals surface area contributed by atoms with Crippen molar-refractivity contribution in [2.24, 2.45) is 11.8 Å². The maximum absolute atomic E-state index is 14.1. The molecule has 0 radical (unpaired) electrons. The van der Waals surface area contributed by atoms with Crippen molar-refractivity contribution in [1.82, 2.24) is 19.5 Å². The number of imidazole rings is 1. The van der Waals surface area contributed by atoms with Gasteiger partial charge in [0, 0.05) is 0 Å². The summed E-state index contributed by atoms with van der Waals surface area (Å²) in [6.07, 6.45) is 0.0776. The quantitative estimate of drug-likeness (QED) is 0.534. The average molecular weight is 344 g/mol. The number of aliphatic hydroxyl groups is 2. The molecule has 0 saturated heterocycles. The molecule has 0 aromatic carbocycles. The summed E-state index contributed by atoms with van der Waals surface area (Å²) < 4.78 is 16.1. The van der Waals surface area contributed by atoms with Crippen molar-refractivity contribution < 1.29 is 14.6 Å². The predicted octanol–water partition coefficient (Wildman–Crippen LogP) is -2.51. The molecular weight excluding hydrogens is 330 g/mol. The fourth-order valence-corrected chi connectivity index (χ4v) is 3.37. The van der Waals surface area contributed by atoms with Crippen LogP contribution in [-0.2, 0) is 0 Å². The van der Waals surface area contributed by atoms with Gasteiger partial charge in [0.05, 0.1) is 0 Å². The van der Waals surface area contributed by atoms with E-state index in [4.69, 9.17) is 5.11 Å². The summed E-state index contributed by atoms with van der Waals surface area (Å²) in [7, 11) is 0. The van der Waals surface area contributed by atoms with Crippen LogP contribution in [0.4, 0.5) is 4.39 Å². The van der Waals surface area contributed by atoms with E-state index in [0.29, 0.717) is 10.3 Å².